The van der Waals surface area contributed by atoms with Gasteiger partial charge in [0.05, 0.1) is 6.61 Å². The third kappa shape index (κ3) is 4.45. The highest BCUT2D eigenvalue weighted by Gasteiger charge is 2.45. The van der Waals surface area contributed by atoms with Gasteiger partial charge in [0.15, 0.2) is 0 Å². The van der Waals surface area contributed by atoms with E-state index < -0.39 is 5.54 Å². The topological polar surface area (TPSA) is 41.6 Å². The summed E-state index contributed by atoms with van der Waals surface area (Å²) < 4.78 is 5.32. The predicted octanol–water partition coefficient (Wildman–Crippen LogP) is 2.43. The Bertz CT molecular complexity index is 292. The summed E-state index contributed by atoms with van der Waals surface area (Å²) in [5.74, 6) is 0.607. The van der Waals surface area contributed by atoms with Crippen LogP contribution in [0.5, 0.6) is 0 Å². The second kappa shape index (κ2) is 8.63. The van der Waals surface area contributed by atoms with Crippen molar-refractivity contribution in [2.75, 3.05) is 32.8 Å². The van der Waals surface area contributed by atoms with Crippen LogP contribution < -0.4 is 5.32 Å². The maximum Gasteiger partial charge on any atom is 0.326 e. The van der Waals surface area contributed by atoms with Gasteiger partial charge in [0, 0.05) is 13.1 Å². The molecule has 1 aliphatic carbocycles. The number of nitrogens with one attached hydrogen (secondary N) is 1. The second-order valence-corrected chi connectivity index (χ2v) is 5.77. The van der Waals surface area contributed by atoms with Crippen LogP contribution in [0.2, 0.25) is 0 Å². The molecule has 118 valence electrons. The van der Waals surface area contributed by atoms with Crippen LogP contribution in [0.15, 0.2) is 0 Å². The summed E-state index contributed by atoms with van der Waals surface area (Å²) in [7, 11) is 0. The first-order chi connectivity index (χ1) is 9.61. The summed E-state index contributed by atoms with van der Waals surface area (Å²) in [4.78, 5) is 14.7. The van der Waals surface area contributed by atoms with Crippen LogP contribution >= 0.6 is 0 Å². The molecule has 1 rings (SSSR count). The molecule has 2 atom stereocenters. The quantitative estimate of drug-likeness (QED) is 0.660. The molecule has 1 fully saturated rings. The number of hydrogen-bond donors (Lipinski definition) is 1. The summed E-state index contributed by atoms with van der Waals surface area (Å²) in [5, 5.41) is 3.53. The largest absolute Gasteiger partial charge is 0.465 e. The lowest BCUT2D eigenvalue weighted by molar-refractivity contribution is -0.151. The number of rotatable bonds is 9. The van der Waals surface area contributed by atoms with E-state index in [-0.39, 0.29) is 5.97 Å². The van der Waals surface area contributed by atoms with Crippen LogP contribution in [-0.4, -0.2) is 49.2 Å². The van der Waals surface area contributed by atoms with Gasteiger partial charge in [-0.1, -0.05) is 27.2 Å². The van der Waals surface area contributed by atoms with Crippen molar-refractivity contribution in [1.29, 1.82) is 0 Å². The highest BCUT2D eigenvalue weighted by Crippen LogP contribution is 2.37. The van der Waals surface area contributed by atoms with Gasteiger partial charge in [-0.3, -0.25) is 4.79 Å². The predicted molar refractivity (Wildman–Crippen MR) is 82.8 cm³/mol. The average molecular weight is 284 g/mol. The van der Waals surface area contributed by atoms with Crippen LogP contribution in [0, 0.1) is 5.92 Å². The van der Waals surface area contributed by atoms with E-state index in [2.05, 4.69) is 31.0 Å². The lowest BCUT2D eigenvalue weighted by Crippen LogP contribution is -2.53. The van der Waals surface area contributed by atoms with Gasteiger partial charge >= 0.3 is 5.97 Å². The molecule has 0 saturated heterocycles. The van der Waals surface area contributed by atoms with E-state index in [0.29, 0.717) is 12.5 Å². The van der Waals surface area contributed by atoms with Crippen molar-refractivity contribution in [3.8, 4) is 0 Å². The molecule has 20 heavy (non-hydrogen) atoms. The monoisotopic (exact) mass is 284 g/mol. The van der Waals surface area contributed by atoms with Crippen molar-refractivity contribution in [3.05, 3.63) is 0 Å². The van der Waals surface area contributed by atoms with E-state index >= 15 is 0 Å². The molecule has 0 aromatic rings. The van der Waals surface area contributed by atoms with Crippen LogP contribution in [0.3, 0.4) is 0 Å². The number of carbonyl (C=O) groups excluding carboxylic acids is 1. The summed E-state index contributed by atoms with van der Waals surface area (Å²) in [6.45, 7) is 12.9. The van der Waals surface area contributed by atoms with Crippen LogP contribution in [0.1, 0.15) is 53.4 Å². The Morgan fingerprint density at radius 1 is 1.30 bits per heavy atom. The van der Waals surface area contributed by atoms with Crippen molar-refractivity contribution in [2.45, 2.75) is 58.9 Å². The highest BCUT2D eigenvalue weighted by atomic mass is 16.5. The zero-order valence-electron chi connectivity index (χ0n) is 13.7. The molecule has 0 aromatic carbocycles. The van der Waals surface area contributed by atoms with E-state index in [0.717, 1.165) is 51.9 Å². The fraction of sp³-hybridized carbons (Fsp3) is 0.938. The second-order valence-electron chi connectivity index (χ2n) is 5.77. The number of esters is 1. The Morgan fingerprint density at radius 3 is 2.50 bits per heavy atom. The number of hydrogen-bond acceptors (Lipinski definition) is 4. The van der Waals surface area contributed by atoms with Gasteiger partial charge in [-0.15, -0.1) is 0 Å². The van der Waals surface area contributed by atoms with Crippen LogP contribution in [0.25, 0.3) is 0 Å². The van der Waals surface area contributed by atoms with E-state index in [4.69, 9.17) is 4.74 Å². The Kier molecular flexibility index (Phi) is 7.52. The van der Waals surface area contributed by atoms with Gasteiger partial charge in [0.25, 0.3) is 0 Å². The van der Waals surface area contributed by atoms with Gasteiger partial charge in [0.1, 0.15) is 5.54 Å². The Morgan fingerprint density at radius 2 is 2.00 bits per heavy atom. The maximum absolute atomic E-state index is 12.3. The fourth-order valence-electron chi connectivity index (χ4n) is 3.18. The van der Waals surface area contributed by atoms with E-state index in [1.54, 1.807) is 0 Å². The van der Waals surface area contributed by atoms with E-state index in [9.17, 15) is 4.79 Å². The maximum atomic E-state index is 12.3. The van der Waals surface area contributed by atoms with Crippen LogP contribution in [-0.2, 0) is 9.53 Å². The lowest BCUT2D eigenvalue weighted by Gasteiger charge is -2.30. The molecule has 0 aromatic heterocycles. The first-order valence-electron chi connectivity index (χ1n) is 8.26. The number of likely N-dealkylation sites (N-methyl/N-ethyl adjacent to an activating group) is 1. The Hall–Kier alpha value is -0.610. The van der Waals surface area contributed by atoms with Gasteiger partial charge in [-0.2, -0.15) is 0 Å². The third-order valence-electron chi connectivity index (χ3n) is 4.65. The SMILES string of the molecule is CCOC(=O)C1(NCCN(CC)CC)CCC(CC)C1. The standard InChI is InChI=1S/C16H32N2O2/c1-5-14-9-10-16(13-14,15(19)20-8-4)17-11-12-18(6-2)7-3/h14,17H,5-13H2,1-4H3. The number of nitrogens with zero attached hydrogens (tertiary/aromatic N) is 1. The zero-order chi connectivity index (χ0) is 15.0. The molecule has 4 heteroatoms. The van der Waals surface area contributed by atoms with E-state index in [1.165, 1.54) is 0 Å². The molecule has 1 aliphatic rings. The smallest absolute Gasteiger partial charge is 0.326 e. The molecule has 1 saturated carbocycles. The summed E-state index contributed by atoms with van der Waals surface area (Å²) in [6, 6.07) is 0. The molecule has 2 unspecified atom stereocenters. The molecule has 0 amide bonds. The minimum atomic E-state index is -0.427. The van der Waals surface area contributed by atoms with Crippen LogP contribution in [0.4, 0.5) is 0 Å². The fourth-order valence-corrected chi connectivity index (χ4v) is 3.18. The third-order valence-corrected chi connectivity index (χ3v) is 4.65. The first-order valence-corrected chi connectivity index (χ1v) is 8.26. The van der Waals surface area contributed by atoms with E-state index in [1.807, 2.05) is 6.92 Å². The molecule has 0 bridgehead atoms. The molecular formula is C16H32N2O2. The molecule has 0 heterocycles. The summed E-state index contributed by atoms with van der Waals surface area (Å²) in [6.07, 6.45) is 4.13. The summed E-state index contributed by atoms with van der Waals surface area (Å²) >= 11 is 0. The molecule has 0 radical (unpaired) electrons. The minimum Gasteiger partial charge on any atom is -0.465 e. The Labute approximate surface area is 124 Å². The lowest BCUT2D eigenvalue weighted by atomic mass is 9.95. The Balaban J connectivity index is 2.58. The van der Waals surface area contributed by atoms with Crippen molar-refractivity contribution in [2.24, 2.45) is 5.92 Å². The number of ether oxygens (including phenoxy) is 1. The molecule has 0 spiro atoms. The molecular weight excluding hydrogens is 252 g/mol. The summed E-state index contributed by atoms with van der Waals surface area (Å²) in [5.41, 5.74) is -0.427. The minimum absolute atomic E-state index is 0.0458. The molecule has 0 aliphatic heterocycles. The van der Waals surface area contributed by atoms with Crippen molar-refractivity contribution in [1.82, 2.24) is 10.2 Å². The zero-order valence-corrected chi connectivity index (χ0v) is 13.7. The van der Waals surface area contributed by atoms with Gasteiger partial charge < -0.3 is 15.0 Å². The number of carbonyl (C=O) groups is 1. The molecule has 1 N–H and O–H groups in total. The van der Waals surface area contributed by atoms with Crippen molar-refractivity contribution in [3.63, 3.8) is 0 Å². The van der Waals surface area contributed by atoms with Gasteiger partial charge in [-0.05, 0) is 45.2 Å². The average Bonchev–Trinajstić information content (AvgIpc) is 2.89. The first kappa shape index (κ1) is 17.4. The van der Waals surface area contributed by atoms with Gasteiger partial charge in [0.2, 0.25) is 0 Å². The van der Waals surface area contributed by atoms with Crippen molar-refractivity contribution < 1.29 is 9.53 Å². The van der Waals surface area contributed by atoms with Crippen molar-refractivity contribution >= 4 is 5.97 Å². The van der Waals surface area contributed by atoms with Gasteiger partial charge in [-0.25, -0.2) is 0 Å². The normalized spacial score (nSPS) is 26.1. The molecule has 4 nitrogen and oxygen atoms in total. The highest BCUT2D eigenvalue weighted by molar-refractivity contribution is 5.81.